The Bertz CT molecular complexity index is 567. The molecule has 6 heteroatoms. The molecule has 0 aliphatic rings. The molecule has 0 amide bonds. The summed E-state index contributed by atoms with van der Waals surface area (Å²) < 4.78 is 1.98. The van der Waals surface area contributed by atoms with E-state index in [1.54, 1.807) is 12.5 Å². The van der Waals surface area contributed by atoms with Gasteiger partial charge in [-0.05, 0) is 19.8 Å². The highest BCUT2D eigenvalue weighted by Gasteiger charge is 2.18. The van der Waals surface area contributed by atoms with E-state index in [2.05, 4.69) is 28.8 Å². The largest absolute Gasteiger partial charge is 0.325 e. The molecule has 4 nitrogen and oxygen atoms in total. The summed E-state index contributed by atoms with van der Waals surface area (Å²) in [5.74, 6) is 0.689. The number of rotatable bonds is 3. The van der Waals surface area contributed by atoms with Gasteiger partial charge in [0.2, 0.25) is 0 Å². The van der Waals surface area contributed by atoms with Crippen LogP contribution in [0.2, 0.25) is 10.3 Å². The Kier molecular flexibility index (Phi) is 4.11. The van der Waals surface area contributed by atoms with Crippen molar-refractivity contribution in [3.05, 3.63) is 28.4 Å². The second-order valence-electron chi connectivity index (χ2n) is 4.98. The van der Waals surface area contributed by atoms with E-state index >= 15 is 0 Å². The van der Waals surface area contributed by atoms with E-state index in [9.17, 15) is 0 Å². The molecule has 2 rings (SSSR count). The molecular formula is C13H16Cl2N4. The molecule has 0 aromatic carbocycles. The number of halogens is 2. The van der Waals surface area contributed by atoms with Crippen molar-refractivity contribution in [3.8, 4) is 11.5 Å². The minimum atomic E-state index is 0.184. The van der Waals surface area contributed by atoms with E-state index in [1.165, 1.54) is 0 Å². The maximum atomic E-state index is 6.21. The van der Waals surface area contributed by atoms with Gasteiger partial charge in [-0.25, -0.2) is 15.0 Å². The molecule has 0 radical (unpaired) electrons. The van der Waals surface area contributed by atoms with E-state index in [4.69, 9.17) is 23.2 Å². The van der Waals surface area contributed by atoms with Crippen molar-refractivity contribution in [2.45, 2.75) is 39.7 Å². The monoisotopic (exact) mass is 298 g/mol. The van der Waals surface area contributed by atoms with Crippen LogP contribution >= 0.6 is 23.2 Å². The van der Waals surface area contributed by atoms with Crippen molar-refractivity contribution in [1.82, 2.24) is 19.5 Å². The Morgan fingerprint density at radius 3 is 2.11 bits per heavy atom. The third-order valence-corrected chi connectivity index (χ3v) is 3.46. The van der Waals surface area contributed by atoms with Gasteiger partial charge >= 0.3 is 0 Å². The quantitative estimate of drug-likeness (QED) is 0.791. The molecule has 0 bridgehead atoms. The van der Waals surface area contributed by atoms with E-state index in [-0.39, 0.29) is 12.0 Å². The lowest BCUT2D eigenvalue weighted by Crippen LogP contribution is -2.05. The zero-order valence-corrected chi connectivity index (χ0v) is 12.9. The van der Waals surface area contributed by atoms with Crippen molar-refractivity contribution < 1.29 is 0 Å². The fourth-order valence-corrected chi connectivity index (χ4v) is 2.72. The molecule has 19 heavy (non-hydrogen) atoms. The Labute approximate surface area is 122 Å². The van der Waals surface area contributed by atoms with Gasteiger partial charge < -0.3 is 4.57 Å². The van der Waals surface area contributed by atoms with Gasteiger partial charge in [0.25, 0.3) is 0 Å². The van der Waals surface area contributed by atoms with Gasteiger partial charge in [0, 0.05) is 11.6 Å². The van der Waals surface area contributed by atoms with Crippen molar-refractivity contribution >= 4 is 23.2 Å². The summed E-state index contributed by atoms with van der Waals surface area (Å²) in [5.41, 5.74) is 1.59. The van der Waals surface area contributed by atoms with Crippen LogP contribution in [0.3, 0.4) is 0 Å². The average Bonchev–Trinajstić information content (AvgIpc) is 2.75. The zero-order chi connectivity index (χ0) is 14.2. The first-order valence-electron chi connectivity index (χ1n) is 6.17. The molecule has 0 N–H and O–H groups in total. The summed E-state index contributed by atoms with van der Waals surface area (Å²) in [6.45, 7) is 8.15. The lowest BCUT2D eigenvalue weighted by atomic mass is 10.1. The standard InChI is InChI=1S/C13H16Cl2N4/c1-7(2)10-11(14)17-13(18-12(10)15)9-5-16-6-19(9)8(3)4/h5-8H,1-4H3. The first-order chi connectivity index (χ1) is 8.91. The SMILES string of the molecule is CC(C)c1c(Cl)nc(-c2cncn2C(C)C)nc1Cl. The molecule has 0 saturated heterocycles. The van der Waals surface area contributed by atoms with Crippen LogP contribution in [0, 0.1) is 0 Å². The Morgan fingerprint density at radius 1 is 1.05 bits per heavy atom. The predicted molar refractivity (Wildman–Crippen MR) is 77.7 cm³/mol. The van der Waals surface area contributed by atoms with Crippen LogP contribution in [0.25, 0.3) is 11.5 Å². The van der Waals surface area contributed by atoms with Gasteiger partial charge in [0.1, 0.15) is 16.0 Å². The zero-order valence-electron chi connectivity index (χ0n) is 11.4. The second kappa shape index (κ2) is 5.47. The number of imidazole rings is 1. The normalized spacial score (nSPS) is 11.6. The molecule has 2 aromatic heterocycles. The van der Waals surface area contributed by atoms with Gasteiger partial charge in [-0.1, -0.05) is 37.0 Å². The number of nitrogens with zero attached hydrogens (tertiary/aromatic N) is 4. The van der Waals surface area contributed by atoms with E-state index in [1.807, 2.05) is 18.4 Å². The van der Waals surface area contributed by atoms with Crippen LogP contribution in [0.15, 0.2) is 12.5 Å². The summed E-state index contributed by atoms with van der Waals surface area (Å²) in [4.78, 5) is 12.8. The molecule has 2 heterocycles. The molecule has 102 valence electrons. The predicted octanol–water partition coefficient (Wildman–Crippen LogP) is 4.35. The fourth-order valence-electron chi connectivity index (χ4n) is 1.90. The highest BCUT2D eigenvalue weighted by Crippen LogP contribution is 2.31. The minimum absolute atomic E-state index is 0.184. The number of aromatic nitrogens is 4. The first-order valence-corrected chi connectivity index (χ1v) is 6.92. The Hall–Kier alpha value is -1.13. The van der Waals surface area contributed by atoms with Gasteiger partial charge in [-0.2, -0.15) is 0 Å². The average molecular weight is 299 g/mol. The highest BCUT2D eigenvalue weighted by atomic mass is 35.5. The first kappa shape index (κ1) is 14.3. The van der Waals surface area contributed by atoms with Crippen molar-refractivity contribution in [3.63, 3.8) is 0 Å². The number of hydrogen-bond acceptors (Lipinski definition) is 3. The van der Waals surface area contributed by atoms with E-state index in [0.717, 1.165) is 11.3 Å². The molecule has 0 spiro atoms. The molecule has 0 saturated carbocycles. The molecular weight excluding hydrogens is 283 g/mol. The summed E-state index contributed by atoms with van der Waals surface area (Å²) in [6.07, 6.45) is 3.47. The maximum Gasteiger partial charge on any atom is 0.180 e. The highest BCUT2D eigenvalue weighted by molar-refractivity contribution is 6.34. The lowest BCUT2D eigenvalue weighted by Gasteiger charge is -2.13. The summed E-state index contributed by atoms with van der Waals surface area (Å²) in [7, 11) is 0. The van der Waals surface area contributed by atoms with Gasteiger partial charge in [0.15, 0.2) is 5.82 Å². The smallest absolute Gasteiger partial charge is 0.180 e. The van der Waals surface area contributed by atoms with Gasteiger partial charge in [-0.15, -0.1) is 0 Å². The topological polar surface area (TPSA) is 43.6 Å². The van der Waals surface area contributed by atoms with Crippen LogP contribution in [0.1, 0.15) is 45.2 Å². The molecule has 2 aromatic rings. The maximum absolute atomic E-state index is 6.21. The third-order valence-electron chi connectivity index (χ3n) is 2.88. The Morgan fingerprint density at radius 2 is 1.63 bits per heavy atom. The van der Waals surface area contributed by atoms with Crippen molar-refractivity contribution in [2.75, 3.05) is 0 Å². The minimum Gasteiger partial charge on any atom is -0.325 e. The van der Waals surface area contributed by atoms with Crippen molar-refractivity contribution in [1.29, 1.82) is 0 Å². The molecule has 0 unspecified atom stereocenters. The molecule has 0 atom stereocenters. The fraction of sp³-hybridized carbons (Fsp3) is 0.462. The Balaban J connectivity index is 2.56. The van der Waals surface area contributed by atoms with Crippen LogP contribution < -0.4 is 0 Å². The second-order valence-corrected chi connectivity index (χ2v) is 5.69. The molecule has 0 fully saturated rings. The van der Waals surface area contributed by atoms with Crippen LogP contribution in [0.5, 0.6) is 0 Å². The molecule has 0 aliphatic carbocycles. The number of hydrogen-bond donors (Lipinski definition) is 0. The van der Waals surface area contributed by atoms with Crippen LogP contribution in [0.4, 0.5) is 0 Å². The third kappa shape index (κ3) is 2.74. The van der Waals surface area contributed by atoms with Crippen molar-refractivity contribution in [2.24, 2.45) is 0 Å². The van der Waals surface area contributed by atoms with Gasteiger partial charge in [0.05, 0.1) is 12.5 Å². The van der Waals surface area contributed by atoms with E-state index < -0.39 is 0 Å². The van der Waals surface area contributed by atoms with Crippen LogP contribution in [-0.4, -0.2) is 19.5 Å². The summed E-state index contributed by atoms with van der Waals surface area (Å²) in [6, 6.07) is 0.267. The summed E-state index contributed by atoms with van der Waals surface area (Å²) in [5, 5.41) is 0.808. The molecule has 0 aliphatic heterocycles. The lowest BCUT2D eigenvalue weighted by molar-refractivity contribution is 0.603. The van der Waals surface area contributed by atoms with Crippen LogP contribution in [-0.2, 0) is 0 Å². The summed E-state index contributed by atoms with van der Waals surface area (Å²) >= 11 is 12.4. The van der Waals surface area contributed by atoms with E-state index in [0.29, 0.717) is 16.1 Å². The van der Waals surface area contributed by atoms with Gasteiger partial charge in [-0.3, -0.25) is 0 Å².